The van der Waals surface area contributed by atoms with Gasteiger partial charge in [-0.15, -0.1) is 0 Å². The van der Waals surface area contributed by atoms with Gasteiger partial charge in [-0.3, -0.25) is 20.4 Å². The zero-order valence-corrected chi connectivity index (χ0v) is 15.8. The Morgan fingerprint density at radius 1 is 1.04 bits per heavy atom. The van der Waals surface area contributed by atoms with Gasteiger partial charge in [-0.25, -0.2) is 0 Å². The first kappa shape index (κ1) is 19.4. The van der Waals surface area contributed by atoms with Crippen LogP contribution in [0, 0.1) is 0 Å². The second-order valence-electron chi connectivity index (χ2n) is 6.09. The quantitative estimate of drug-likeness (QED) is 0.613. The van der Waals surface area contributed by atoms with Crippen LogP contribution >= 0.6 is 0 Å². The van der Waals surface area contributed by atoms with Gasteiger partial charge in [0.15, 0.2) is 12.4 Å². The number of benzene rings is 2. The number of amides is 2. The molecular weight excluding hydrogens is 360 g/mol. The first-order valence-electron chi connectivity index (χ1n) is 8.93. The van der Waals surface area contributed by atoms with Gasteiger partial charge < -0.3 is 13.9 Å². The minimum atomic E-state index is -0.564. The van der Waals surface area contributed by atoms with Crippen molar-refractivity contribution in [2.45, 2.75) is 20.0 Å². The molecule has 0 bridgehead atoms. The molecule has 3 rings (SSSR count). The van der Waals surface area contributed by atoms with Crippen molar-refractivity contribution >= 4 is 22.8 Å². The highest BCUT2D eigenvalue weighted by Crippen LogP contribution is 2.26. The molecule has 1 aromatic heterocycles. The number of furan rings is 1. The topological polar surface area (TPSA) is 89.8 Å². The third-order valence-electron chi connectivity index (χ3n) is 4.22. The summed E-state index contributed by atoms with van der Waals surface area (Å²) in [4.78, 5) is 24.5. The lowest BCUT2D eigenvalue weighted by Crippen LogP contribution is -2.44. The number of carbonyl (C=O) groups excluding carboxylic acids is 2. The van der Waals surface area contributed by atoms with Crippen molar-refractivity contribution in [1.82, 2.24) is 10.9 Å². The van der Waals surface area contributed by atoms with Gasteiger partial charge in [0.1, 0.15) is 11.3 Å². The Balaban J connectivity index is 1.61. The predicted molar refractivity (Wildman–Crippen MR) is 104 cm³/mol. The highest BCUT2D eigenvalue weighted by Gasteiger charge is 2.20. The van der Waals surface area contributed by atoms with Crippen LogP contribution in [-0.2, 0) is 22.6 Å². The van der Waals surface area contributed by atoms with Gasteiger partial charge in [0, 0.05) is 18.1 Å². The molecule has 28 heavy (non-hydrogen) atoms. The normalized spacial score (nSPS) is 10.6. The molecule has 0 saturated heterocycles. The molecule has 0 saturated carbocycles. The van der Waals surface area contributed by atoms with E-state index in [4.69, 9.17) is 13.9 Å². The molecular formula is C21H22N2O5. The molecule has 0 aliphatic rings. The number of hydrogen-bond donors (Lipinski definition) is 2. The molecule has 0 unspecified atom stereocenters. The predicted octanol–water partition coefficient (Wildman–Crippen LogP) is 2.98. The number of para-hydroxylation sites is 2. The number of methoxy groups -OCH3 is 1. The number of hydrogen-bond acceptors (Lipinski definition) is 5. The maximum absolute atomic E-state index is 12.5. The van der Waals surface area contributed by atoms with Crippen molar-refractivity contribution in [1.29, 1.82) is 0 Å². The van der Waals surface area contributed by atoms with Crippen molar-refractivity contribution in [3.05, 3.63) is 65.4 Å². The molecule has 0 radical (unpaired) electrons. The third-order valence-corrected chi connectivity index (χ3v) is 4.22. The van der Waals surface area contributed by atoms with Crippen molar-refractivity contribution in [3.63, 3.8) is 0 Å². The minimum absolute atomic E-state index is 0.0978. The average Bonchev–Trinajstić information content (AvgIpc) is 3.09. The molecule has 2 N–H and O–H groups in total. The molecule has 146 valence electrons. The first-order chi connectivity index (χ1) is 13.6. The summed E-state index contributed by atoms with van der Waals surface area (Å²) in [5.41, 5.74) is 6.90. The summed E-state index contributed by atoms with van der Waals surface area (Å²) in [6.45, 7) is 2.00. The third kappa shape index (κ3) is 4.32. The van der Waals surface area contributed by atoms with Crippen LogP contribution in [0.5, 0.6) is 5.75 Å². The Labute approximate surface area is 162 Å². The Morgan fingerprint density at radius 3 is 2.57 bits per heavy atom. The second kappa shape index (κ2) is 9.05. The van der Waals surface area contributed by atoms with E-state index in [0.29, 0.717) is 16.9 Å². The fraction of sp³-hybridized carbons (Fsp3) is 0.238. The van der Waals surface area contributed by atoms with Crippen molar-refractivity contribution < 1.29 is 23.5 Å². The van der Waals surface area contributed by atoms with Crippen LogP contribution in [0.4, 0.5) is 0 Å². The Bertz CT molecular complexity index is 980. The molecule has 0 atom stereocenters. The number of rotatable bonds is 7. The van der Waals surface area contributed by atoms with Crippen LogP contribution in [0.3, 0.4) is 0 Å². The van der Waals surface area contributed by atoms with Crippen molar-refractivity contribution in [2.75, 3.05) is 13.7 Å². The lowest BCUT2D eigenvalue weighted by atomic mass is 10.1. The van der Waals surface area contributed by atoms with E-state index in [0.717, 1.165) is 17.4 Å². The summed E-state index contributed by atoms with van der Waals surface area (Å²) in [5.74, 6) is -0.305. The number of fused-ring (bicyclic) bond motifs is 1. The van der Waals surface area contributed by atoms with Crippen molar-refractivity contribution in [3.8, 4) is 5.75 Å². The van der Waals surface area contributed by atoms with E-state index in [9.17, 15) is 9.59 Å². The van der Waals surface area contributed by atoms with E-state index in [1.165, 1.54) is 7.11 Å². The monoisotopic (exact) mass is 382 g/mol. The lowest BCUT2D eigenvalue weighted by Gasteiger charge is -2.11. The van der Waals surface area contributed by atoms with Gasteiger partial charge in [-0.05, 0) is 24.1 Å². The van der Waals surface area contributed by atoms with E-state index < -0.39 is 11.8 Å². The summed E-state index contributed by atoms with van der Waals surface area (Å²) < 4.78 is 16.3. The lowest BCUT2D eigenvalue weighted by molar-refractivity contribution is -0.123. The van der Waals surface area contributed by atoms with Gasteiger partial charge in [-0.1, -0.05) is 43.3 Å². The highest BCUT2D eigenvalue weighted by atomic mass is 16.5. The second-order valence-corrected chi connectivity index (χ2v) is 6.09. The molecule has 0 aliphatic heterocycles. The number of nitrogens with one attached hydrogen (secondary N) is 2. The van der Waals surface area contributed by atoms with Gasteiger partial charge in [0.25, 0.3) is 5.91 Å². The Kier molecular flexibility index (Phi) is 6.29. The molecule has 0 fully saturated rings. The molecule has 0 aliphatic carbocycles. The van der Waals surface area contributed by atoms with Crippen LogP contribution in [0.25, 0.3) is 11.0 Å². The molecule has 2 aromatic carbocycles. The van der Waals surface area contributed by atoms with Gasteiger partial charge in [-0.2, -0.15) is 0 Å². The maximum atomic E-state index is 12.5. The van der Waals surface area contributed by atoms with E-state index >= 15 is 0 Å². The summed E-state index contributed by atoms with van der Waals surface area (Å²) in [6.07, 6.45) is 0.795. The molecule has 2 amide bonds. The average molecular weight is 382 g/mol. The summed E-state index contributed by atoms with van der Waals surface area (Å²) in [5, 5.41) is 0.792. The highest BCUT2D eigenvalue weighted by molar-refractivity contribution is 5.99. The molecule has 7 heteroatoms. The van der Waals surface area contributed by atoms with Crippen LogP contribution in [0.1, 0.15) is 28.6 Å². The molecule has 3 aromatic rings. The van der Waals surface area contributed by atoms with Crippen LogP contribution in [0.2, 0.25) is 0 Å². The number of ether oxygens (including phenoxy) is 2. The standard InChI is InChI=1S/C21H22N2O5/c1-3-14-8-4-6-10-17(14)27-13-19(24)22-23-21(25)20-16(12-26-2)15-9-5-7-11-18(15)28-20/h4-11H,3,12-13H2,1-2H3,(H,22,24)(H,23,25). The number of aryl methyl sites for hydroxylation is 1. The van der Waals surface area contributed by atoms with Gasteiger partial charge in [0.2, 0.25) is 0 Å². The zero-order chi connectivity index (χ0) is 19.9. The SMILES string of the molecule is CCc1ccccc1OCC(=O)NNC(=O)c1oc2ccccc2c1COC. The van der Waals surface area contributed by atoms with E-state index in [1.807, 2.05) is 43.3 Å². The number of hydrazine groups is 1. The van der Waals surface area contributed by atoms with Gasteiger partial charge >= 0.3 is 5.91 Å². The van der Waals surface area contributed by atoms with E-state index in [-0.39, 0.29) is 19.0 Å². The maximum Gasteiger partial charge on any atom is 0.305 e. The number of carbonyl (C=O) groups is 2. The fourth-order valence-electron chi connectivity index (χ4n) is 2.87. The summed E-state index contributed by atoms with van der Waals surface area (Å²) in [7, 11) is 1.54. The van der Waals surface area contributed by atoms with E-state index in [1.54, 1.807) is 12.1 Å². The zero-order valence-electron chi connectivity index (χ0n) is 15.8. The Morgan fingerprint density at radius 2 is 1.79 bits per heavy atom. The van der Waals surface area contributed by atoms with Crippen LogP contribution in [-0.4, -0.2) is 25.5 Å². The molecule has 7 nitrogen and oxygen atoms in total. The van der Waals surface area contributed by atoms with Crippen LogP contribution < -0.4 is 15.6 Å². The fourth-order valence-corrected chi connectivity index (χ4v) is 2.87. The van der Waals surface area contributed by atoms with E-state index in [2.05, 4.69) is 10.9 Å². The van der Waals surface area contributed by atoms with Crippen LogP contribution in [0.15, 0.2) is 52.9 Å². The Hall–Kier alpha value is -3.32. The smallest absolute Gasteiger partial charge is 0.305 e. The minimum Gasteiger partial charge on any atom is -0.483 e. The summed E-state index contributed by atoms with van der Waals surface area (Å²) in [6, 6.07) is 14.8. The van der Waals surface area contributed by atoms with Crippen molar-refractivity contribution in [2.24, 2.45) is 0 Å². The first-order valence-corrected chi connectivity index (χ1v) is 8.93. The molecule has 1 heterocycles. The molecule has 0 spiro atoms. The summed E-state index contributed by atoms with van der Waals surface area (Å²) >= 11 is 0. The largest absolute Gasteiger partial charge is 0.483 e. The van der Waals surface area contributed by atoms with Gasteiger partial charge in [0.05, 0.1) is 6.61 Å².